The van der Waals surface area contributed by atoms with Gasteiger partial charge in [0.25, 0.3) is 0 Å². The number of aryl methyl sites for hydroxylation is 1. The van der Waals surface area contributed by atoms with Crippen molar-refractivity contribution in [3.63, 3.8) is 0 Å². The number of carbonyl (C=O) groups is 2. The van der Waals surface area contributed by atoms with Crippen molar-refractivity contribution in [3.05, 3.63) is 17.5 Å². The Kier molecular flexibility index (Phi) is 3.23. The van der Waals surface area contributed by atoms with E-state index in [0.717, 1.165) is 13.1 Å². The van der Waals surface area contributed by atoms with Crippen molar-refractivity contribution in [2.24, 2.45) is 13.0 Å². The molecule has 1 amide bonds. The predicted octanol–water partition coefficient (Wildman–Crippen LogP) is 0.695. The summed E-state index contributed by atoms with van der Waals surface area (Å²) in [5.41, 5.74) is -1.01. The van der Waals surface area contributed by atoms with Gasteiger partial charge in [-0.1, -0.05) is 0 Å². The van der Waals surface area contributed by atoms with Gasteiger partial charge in [-0.05, 0) is 6.07 Å². The molecule has 0 radical (unpaired) electrons. The van der Waals surface area contributed by atoms with Gasteiger partial charge in [0.1, 0.15) is 11.6 Å². The second-order valence-electron chi connectivity index (χ2n) is 4.72. The van der Waals surface area contributed by atoms with Crippen LogP contribution in [0.3, 0.4) is 0 Å². The molecule has 1 aromatic heterocycles. The van der Waals surface area contributed by atoms with E-state index in [-0.39, 0.29) is 12.2 Å². The molecule has 0 spiro atoms. The predicted molar refractivity (Wildman–Crippen MR) is 59.7 cm³/mol. The molecule has 0 aliphatic carbocycles. The first-order valence-corrected chi connectivity index (χ1v) is 5.72. The van der Waals surface area contributed by atoms with Gasteiger partial charge in [-0.2, -0.15) is 18.3 Å². The smallest absolute Gasteiger partial charge is 0.433 e. The molecule has 2 heterocycles. The van der Waals surface area contributed by atoms with Crippen molar-refractivity contribution >= 4 is 11.9 Å². The lowest BCUT2D eigenvalue weighted by Crippen LogP contribution is -2.28. The number of halogens is 3. The zero-order valence-corrected chi connectivity index (χ0v) is 10.7. The van der Waals surface area contributed by atoms with E-state index in [1.165, 1.54) is 11.9 Å². The first-order valence-electron chi connectivity index (χ1n) is 5.72. The molecule has 0 saturated carbocycles. The highest BCUT2D eigenvalue weighted by Crippen LogP contribution is 2.36. The average molecular weight is 291 g/mol. The summed E-state index contributed by atoms with van der Waals surface area (Å²) in [5.74, 6) is -4.26. The Morgan fingerprint density at radius 1 is 1.45 bits per heavy atom. The summed E-state index contributed by atoms with van der Waals surface area (Å²) in [6.45, 7) is 0.0319. The maximum Gasteiger partial charge on any atom is 0.433 e. The second-order valence-corrected chi connectivity index (χ2v) is 4.72. The van der Waals surface area contributed by atoms with E-state index in [1.54, 1.807) is 0 Å². The third kappa shape index (κ3) is 2.23. The van der Waals surface area contributed by atoms with E-state index in [2.05, 4.69) is 5.10 Å². The number of likely N-dealkylation sites (N-methyl/N-ethyl adjacent to an activating group) is 1. The summed E-state index contributed by atoms with van der Waals surface area (Å²) in [4.78, 5) is 24.0. The Balaban J connectivity index is 2.41. The minimum Gasteiger partial charge on any atom is -0.481 e. The number of nitrogens with zero attached hydrogens (tertiary/aromatic N) is 3. The topological polar surface area (TPSA) is 75.4 Å². The fourth-order valence-corrected chi connectivity index (χ4v) is 2.38. The summed E-state index contributed by atoms with van der Waals surface area (Å²) in [7, 11) is 2.54. The normalized spacial score (nSPS) is 23.4. The van der Waals surface area contributed by atoms with Crippen molar-refractivity contribution in [2.45, 2.75) is 12.1 Å². The lowest BCUT2D eigenvalue weighted by atomic mass is 9.92. The fourth-order valence-electron chi connectivity index (χ4n) is 2.38. The molecule has 1 aliphatic heterocycles. The van der Waals surface area contributed by atoms with Gasteiger partial charge in [-0.25, -0.2) is 0 Å². The zero-order chi connectivity index (χ0) is 15.2. The van der Waals surface area contributed by atoms with Crippen LogP contribution in [0.5, 0.6) is 0 Å². The van der Waals surface area contributed by atoms with Crippen LogP contribution in [0.15, 0.2) is 6.07 Å². The molecule has 1 aliphatic rings. The summed E-state index contributed by atoms with van der Waals surface area (Å²) in [6, 6.07) is 0.799. The van der Waals surface area contributed by atoms with E-state index in [0.29, 0.717) is 4.68 Å². The highest BCUT2D eigenvalue weighted by atomic mass is 19.4. The molecule has 2 atom stereocenters. The van der Waals surface area contributed by atoms with E-state index in [9.17, 15) is 22.8 Å². The molecular formula is C11H12F3N3O3. The standard InChI is InChI=1S/C11H12F3N3O3/c1-16-4-5(8(9(16)18)10(19)20)6-3-7(11(12,13)14)17(2)15-6/h3,5,8H,4H2,1-2H3,(H,19,20)/t5-,8-/m1/s1. The fraction of sp³-hybridized carbons (Fsp3) is 0.545. The largest absolute Gasteiger partial charge is 0.481 e. The number of aromatic nitrogens is 2. The Morgan fingerprint density at radius 3 is 2.50 bits per heavy atom. The Hall–Kier alpha value is -2.06. The molecule has 1 fully saturated rings. The molecule has 1 saturated heterocycles. The van der Waals surface area contributed by atoms with Crippen molar-refractivity contribution in [3.8, 4) is 0 Å². The Bertz CT molecular complexity index is 567. The van der Waals surface area contributed by atoms with Crippen LogP contribution < -0.4 is 0 Å². The molecule has 110 valence electrons. The minimum absolute atomic E-state index is 0.0319. The van der Waals surface area contributed by atoms with Crippen molar-refractivity contribution < 1.29 is 27.9 Å². The summed E-state index contributed by atoms with van der Waals surface area (Å²) in [6.07, 6.45) is -4.58. The SMILES string of the molecule is CN1C[C@H](c2cc(C(F)(F)F)n(C)n2)[C@@H](C(=O)O)C1=O. The van der Waals surface area contributed by atoms with Crippen LogP contribution in [0.4, 0.5) is 13.2 Å². The van der Waals surface area contributed by atoms with Crippen molar-refractivity contribution in [1.82, 2.24) is 14.7 Å². The monoisotopic (exact) mass is 291 g/mol. The van der Waals surface area contributed by atoms with Crippen LogP contribution in [0.2, 0.25) is 0 Å². The molecule has 0 bridgehead atoms. The Labute approximate surface area is 111 Å². The molecule has 1 aromatic rings. The van der Waals surface area contributed by atoms with Crippen LogP contribution in [0, 0.1) is 5.92 Å². The van der Waals surface area contributed by atoms with Gasteiger partial charge in [0.15, 0.2) is 0 Å². The number of rotatable bonds is 2. The number of hydrogen-bond donors (Lipinski definition) is 1. The summed E-state index contributed by atoms with van der Waals surface area (Å²) >= 11 is 0. The maximum absolute atomic E-state index is 12.7. The first kappa shape index (κ1) is 14.4. The van der Waals surface area contributed by atoms with Gasteiger partial charge in [0, 0.05) is 26.6 Å². The molecule has 9 heteroatoms. The van der Waals surface area contributed by atoms with Gasteiger partial charge in [-0.15, -0.1) is 0 Å². The average Bonchev–Trinajstić information content (AvgIpc) is 2.80. The lowest BCUT2D eigenvalue weighted by molar-refractivity contribution is -0.147. The highest BCUT2D eigenvalue weighted by Gasteiger charge is 2.46. The number of amides is 1. The van der Waals surface area contributed by atoms with Crippen LogP contribution in [-0.4, -0.2) is 45.3 Å². The number of carboxylic acid groups (broad SMARTS) is 1. The van der Waals surface area contributed by atoms with Gasteiger partial charge in [0.2, 0.25) is 5.91 Å². The van der Waals surface area contributed by atoms with E-state index in [4.69, 9.17) is 5.11 Å². The molecule has 6 nitrogen and oxygen atoms in total. The number of aliphatic carboxylic acids is 1. The zero-order valence-electron chi connectivity index (χ0n) is 10.7. The number of alkyl halides is 3. The van der Waals surface area contributed by atoms with Crippen LogP contribution in [-0.2, 0) is 22.8 Å². The Morgan fingerprint density at radius 2 is 2.05 bits per heavy atom. The van der Waals surface area contributed by atoms with Crippen LogP contribution in [0.25, 0.3) is 0 Å². The number of carbonyl (C=O) groups excluding carboxylic acids is 1. The van der Waals surface area contributed by atoms with E-state index < -0.39 is 35.6 Å². The van der Waals surface area contributed by atoms with Gasteiger partial charge < -0.3 is 10.0 Å². The molecule has 2 rings (SSSR count). The molecule has 20 heavy (non-hydrogen) atoms. The first-order chi connectivity index (χ1) is 9.12. The van der Waals surface area contributed by atoms with Gasteiger partial charge in [0.05, 0.1) is 5.69 Å². The summed E-state index contributed by atoms with van der Waals surface area (Å²) in [5, 5.41) is 12.8. The molecular weight excluding hydrogens is 279 g/mol. The van der Waals surface area contributed by atoms with Crippen LogP contribution in [0.1, 0.15) is 17.3 Å². The third-order valence-corrected chi connectivity index (χ3v) is 3.35. The van der Waals surface area contributed by atoms with E-state index in [1.807, 2.05) is 0 Å². The van der Waals surface area contributed by atoms with Gasteiger partial charge in [-0.3, -0.25) is 14.3 Å². The van der Waals surface area contributed by atoms with Gasteiger partial charge >= 0.3 is 12.1 Å². The maximum atomic E-state index is 12.7. The number of likely N-dealkylation sites (tertiary alicyclic amines) is 1. The van der Waals surface area contributed by atoms with E-state index >= 15 is 0 Å². The second kappa shape index (κ2) is 4.50. The molecule has 1 N–H and O–H groups in total. The minimum atomic E-state index is -4.58. The quantitative estimate of drug-likeness (QED) is 0.814. The van der Waals surface area contributed by atoms with Crippen molar-refractivity contribution in [2.75, 3.05) is 13.6 Å². The number of carboxylic acids is 1. The lowest BCUT2D eigenvalue weighted by Gasteiger charge is -2.09. The van der Waals surface area contributed by atoms with Crippen molar-refractivity contribution in [1.29, 1.82) is 0 Å². The summed E-state index contributed by atoms with van der Waals surface area (Å²) < 4.78 is 38.8. The third-order valence-electron chi connectivity index (χ3n) is 3.35. The van der Waals surface area contributed by atoms with Crippen LogP contribution >= 0.6 is 0 Å². The molecule has 0 aromatic carbocycles. The molecule has 0 unspecified atom stereocenters. The highest BCUT2D eigenvalue weighted by molar-refractivity contribution is 5.99. The number of hydrogen-bond acceptors (Lipinski definition) is 3.